The highest BCUT2D eigenvalue weighted by molar-refractivity contribution is 8.01. The first kappa shape index (κ1) is 21.3. The molecule has 156 valence electrons. The van der Waals surface area contributed by atoms with Crippen molar-refractivity contribution in [3.05, 3.63) is 24.3 Å². The molecule has 1 N–H and O–H groups in total. The van der Waals surface area contributed by atoms with Gasteiger partial charge in [-0.1, -0.05) is 35.2 Å². The maximum atomic E-state index is 12.7. The number of nitrogens with one attached hydrogen (secondary N) is 1. The third kappa shape index (κ3) is 5.36. The molecule has 10 nitrogen and oxygen atoms in total. The number of hydrogen-bond donors (Lipinski definition) is 1. The number of esters is 1. The van der Waals surface area contributed by atoms with Crippen molar-refractivity contribution in [2.75, 3.05) is 35.3 Å². The van der Waals surface area contributed by atoms with Gasteiger partial charge < -0.3 is 9.47 Å². The van der Waals surface area contributed by atoms with E-state index in [1.807, 2.05) is 0 Å². The quantitative estimate of drug-likeness (QED) is 0.388. The van der Waals surface area contributed by atoms with Crippen molar-refractivity contribution in [1.29, 1.82) is 0 Å². The van der Waals surface area contributed by atoms with Crippen LogP contribution in [0.1, 0.15) is 6.42 Å². The normalized spacial score (nSPS) is 16.3. The van der Waals surface area contributed by atoms with Crippen LogP contribution in [0.3, 0.4) is 0 Å². The summed E-state index contributed by atoms with van der Waals surface area (Å²) < 4.78 is 36.3. The lowest BCUT2D eigenvalue weighted by molar-refractivity contribution is -0.137. The Bertz CT molecular complexity index is 1010. The molecule has 29 heavy (non-hydrogen) atoms. The van der Waals surface area contributed by atoms with Gasteiger partial charge in [0.1, 0.15) is 5.75 Å². The molecule has 0 radical (unpaired) electrons. The van der Waals surface area contributed by atoms with E-state index in [-0.39, 0.29) is 23.8 Å². The monoisotopic (exact) mass is 458 g/mol. The molecule has 0 saturated carbocycles. The summed E-state index contributed by atoms with van der Waals surface area (Å²) in [6, 6.07) is 6.66. The van der Waals surface area contributed by atoms with Gasteiger partial charge in [-0.05, 0) is 12.1 Å². The second-order valence-corrected chi connectivity index (χ2v) is 10.0. The maximum Gasteiger partial charge on any atom is 0.316 e. The zero-order chi connectivity index (χ0) is 21.0. The van der Waals surface area contributed by atoms with Crippen LogP contribution >= 0.6 is 23.1 Å². The summed E-state index contributed by atoms with van der Waals surface area (Å²) in [4.78, 5) is 23.8. The predicted molar refractivity (Wildman–Crippen MR) is 109 cm³/mol. The van der Waals surface area contributed by atoms with Crippen molar-refractivity contribution in [3.8, 4) is 5.75 Å². The summed E-state index contributed by atoms with van der Waals surface area (Å²) >= 11 is 2.26. The van der Waals surface area contributed by atoms with E-state index >= 15 is 0 Å². The molecule has 2 heterocycles. The smallest absolute Gasteiger partial charge is 0.316 e. The molecule has 1 aromatic carbocycles. The number of carbonyl (C=O) groups is 2. The van der Waals surface area contributed by atoms with Crippen LogP contribution < -0.4 is 14.4 Å². The standard InChI is InChI=1S/C16H18N4O6S3/c1-25-13(21)9-27-16-19-18-15(28-16)17-14(22)12-7-8-20(29(2,23)24)10-5-3-4-6-11(10)26-12/h3-6,12H,7-9H2,1-2H3,(H,17,18,22). The Kier molecular flexibility index (Phi) is 6.59. The molecular formula is C16H18N4O6S3. The molecule has 3 rings (SSSR count). The molecule has 2 aromatic rings. The molecular weight excluding hydrogens is 440 g/mol. The highest BCUT2D eigenvalue weighted by Gasteiger charge is 2.31. The minimum Gasteiger partial charge on any atom is -0.478 e. The number of sulfonamides is 1. The summed E-state index contributed by atoms with van der Waals surface area (Å²) in [6.45, 7) is 0.101. The molecule has 1 atom stereocenters. The molecule has 13 heteroatoms. The largest absolute Gasteiger partial charge is 0.478 e. The number of amides is 1. The zero-order valence-corrected chi connectivity index (χ0v) is 18.0. The van der Waals surface area contributed by atoms with Crippen LogP contribution in [-0.4, -0.2) is 62.3 Å². The number of aromatic nitrogens is 2. The minimum atomic E-state index is -3.52. The lowest BCUT2D eigenvalue weighted by Crippen LogP contribution is -2.35. The number of benzene rings is 1. The molecule has 0 saturated heterocycles. The Hall–Kier alpha value is -2.38. The van der Waals surface area contributed by atoms with E-state index in [9.17, 15) is 18.0 Å². The summed E-state index contributed by atoms with van der Waals surface area (Å²) in [6.07, 6.45) is 0.368. The Morgan fingerprint density at radius 2 is 2.14 bits per heavy atom. The molecule has 1 unspecified atom stereocenters. The molecule has 1 aliphatic heterocycles. The second-order valence-electron chi connectivity index (χ2n) is 5.93. The first-order chi connectivity index (χ1) is 13.8. The molecule has 0 spiro atoms. The molecule has 0 fully saturated rings. The number of fused-ring (bicyclic) bond motifs is 1. The van der Waals surface area contributed by atoms with Gasteiger partial charge in [0, 0.05) is 13.0 Å². The third-order valence-corrected chi connectivity index (χ3v) is 6.99. The fourth-order valence-corrected chi connectivity index (χ4v) is 5.08. The number of ether oxygens (including phenoxy) is 2. The zero-order valence-electron chi connectivity index (χ0n) is 15.5. The van der Waals surface area contributed by atoms with Gasteiger partial charge in [0.15, 0.2) is 10.4 Å². The first-order valence-electron chi connectivity index (χ1n) is 8.35. The predicted octanol–water partition coefficient (Wildman–Crippen LogP) is 1.36. The summed E-state index contributed by atoms with van der Waals surface area (Å²) in [5, 5.41) is 10.7. The van der Waals surface area contributed by atoms with Gasteiger partial charge in [0.25, 0.3) is 5.91 Å². The average molecular weight is 459 g/mol. The Morgan fingerprint density at radius 3 is 2.86 bits per heavy atom. The summed E-state index contributed by atoms with van der Waals surface area (Å²) in [5.74, 6) is -0.460. The number of carbonyl (C=O) groups excluding carboxylic acids is 2. The van der Waals surface area contributed by atoms with Crippen molar-refractivity contribution in [2.24, 2.45) is 0 Å². The van der Waals surface area contributed by atoms with Crippen molar-refractivity contribution in [3.63, 3.8) is 0 Å². The van der Waals surface area contributed by atoms with Crippen molar-refractivity contribution in [1.82, 2.24) is 10.2 Å². The lowest BCUT2D eigenvalue weighted by Gasteiger charge is -2.20. The second kappa shape index (κ2) is 8.97. The minimum absolute atomic E-state index is 0.0862. The molecule has 1 amide bonds. The van der Waals surface area contributed by atoms with Crippen LogP contribution in [-0.2, 0) is 24.3 Å². The molecule has 1 aliphatic rings. The van der Waals surface area contributed by atoms with Crippen LogP contribution in [0.4, 0.5) is 10.8 Å². The average Bonchev–Trinajstić information content (AvgIpc) is 3.01. The van der Waals surface area contributed by atoms with Gasteiger partial charge >= 0.3 is 5.97 Å². The SMILES string of the molecule is COC(=O)CSc1nnc(NC(=O)C2CCN(S(C)(=O)=O)c3ccccc3O2)s1. The Balaban J connectivity index is 1.69. The fraction of sp³-hybridized carbons (Fsp3) is 0.375. The van der Waals surface area contributed by atoms with Gasteiger partial charge in [0.2, 0.25) is 15.2 Å². The van der Waals surface area contributed by atoms with Gasteiger partial charge in [-0.3, -0.25) is 19.2 Å². The Morgan fingerprint density at radius 1 is 1.38 bits per heavy atom. The Labute approximate surface area is 175 Å². The van der Waals surface area contributed by atoms with E-state index in [0.717, 1.165) is 29.4 Å². The van der Waals surface area contributed by atoms with Crippen LogP contribution in [0.25, 0.3) is 0 Å². The molecule has 0 bridgehead atoms. The van der Waals surface area contributed by atoms with Crippen LogP contribution in [0.2, 0.25) is 0 Å². The van der Waals surface area contributed by atoms with Crippen LogP contribution in [0, 0.1) is 0 Å². The van der Waals surface area contributed by atoms with Crippen LogP contribution in [0.15, 0.2) is 28.6 Å². The lowest BCUT2D eigenvalue weighted by atomic mass is 10.2. The van der Waals surface area contributed by atoms with Gasteiger partial charge in [-0.15, -0.1) is 10.2 Å². The number of para-hydroxylation sites is 2. The summed E-state index contributed by atoms with van der Waals surface area (Å²) in [5.41, 5.74) is 0.391. The topological polar surface area (TPSA) is 128 Å². The first-order valence-corrected chi connectivity index (χ1v) is 12.0. The van der Waals surface area contributed by atoms with E-state index in [2.05, 4.69) is 20.3 Å². The van der Waals surface area contributed by atoms with Crippen LogP contribution in [0.5, 0.6) is 5.75 Å². The number of hydrogen-bond acceptors (Lipinski definition) is 10. The van der Waals surface area contributed by atoms with E-state index in [1.54, 1.807) is 24.3 Å². The van der Waals surface area contributed by atoms with E-state index in [0.29, 0.717) is 15.8 Å². The van der Waals surface area contributed by atoms with Gasteiger partial charge in [0.05, 0.1) is 24.8 Å². The number of anilines is 2. The van der Waals surface area contributed by atoms with Gasteiger partial charge in [-0.2, -0.15) is 0 Å². The van der Waals surface area contributed by atoms with Gasteiger partial charge in [-0.25, -0.2) is 8.42 Å². The van der Waals surface area contributed by atoms with E-state index < -0.39 is 28.0 Å². The highest BCUT2D eigenvalue weighted by atomic mass is 32.2. The summed E-state index contributed by atoms with van der Waals surface area (Å²) in [7, 11) is -2.23. The fourth-order valence-electron chi connectivity index (χ4n) is 2.54. The van der Waals surface area contributed by atoms with E-state index in [1.165, 1.54) is 11.4 Å². The maximum absolute atomic E-state index is 12.7. The van der Waals surface area contributed by atoms with Crippen molar-refractivity contribution in [2.45, 2.75) is 16.9 Å². The number of rotatable bonds is 6. The van der Waals surface area contributed by atoms with Crippen molar-refractivity contribution < 1.29 is 27.5 Å². The highest BCUT2D eigenvalue weighted by Crippen LogP contribution is 2.34. The third-order valence-electron chi connectivity index (χ3n) is 3.87. The number of thioether (sulfide) groups is 1. The van der Waals surface area contributed by atoms with E-state index in [4.69, 9.17) is 4.74 Å². The van der Waals surface area contributed by atoms with Crippen molar-refractivity contribution >= 4 is 55.8 Å². The number of methoxy groups -OCH3 is 1. The molecule has 0 aliphatic carbocycles. The molecule has 1 aromatic heterocycles. The number of nitrogens with zero attached hydrogens (tertiary/aromatic N) is 3.